The minimum absolute atomic E-state index is 0.0648. The number of carbonyl (C=O) groups excluding carboxylic acids is 2. The molecule has 1 unspecified atom stereocenters. The molecule has 0 aliphatic heterocycles. The van der Waals surface area contributed by atoms with Gasteiger partial charge in [-0.05, 0) is 55.8 Å². The van der Waals surface area contributed by atoms with Gasteiger partial charge in [-0.2, -0.15) is 0 Å². The first-order chi connectivity index (χ1) is 14.9. The Morgan fingerprint density at radius 1 is 1.00 bits per heavy atom. The van der Waals surface area contributed by atoms with Crippen molar-refractivity contribution in [2.75, 3.05) is 12.4 Å². The normalized spacial score (nSPS) is 11.3. The SMILES string of the molecule is CC.CCCCC(C(C)=O)N(C)Cc1ccc(NC(=O)NCc2ccc(F)cc2)cc1. The maximum Gasteiger partial charge on any atom is 0.319 e. The highest BCUT2D eigenvalue weighted by atomic mass is 19.1. The summed E-state index contributed by atoms with van der Waals surface area (Å²) in [6, 6.07) is 13.2. The Bertz CT molecular complexity index is 791. The van der Waals surface area contributed by atoms with E-state index >= 15 is 0 Å². The van der Waals surface area contributed by atoms with Gasteiger partial charge in [-0.3, -0.25) is 9.69 Å². The quantitative estimate of drug-likeness (QED) is 0.505. The minimum atomic E-state index is -0.324. The number of halogens is 1. The van der Waals surface area contributed by atoms with Crippen molar-refractivity contribution >= 4 is 17.5 Å². The standard InChI is InChI=1S/C23H30FN3O2.C2H6/c1-4-5-6-22(17(2)28)27(3)16-19-9-13-21(14-10-19)26-23(29)25-15-18-7-11-20(24)12-8-18;1-2/h7-14,22H,4-6,15-16H2,1-3H3,(H2,25,26,29);1-2H3. The van der Waals surface area contributed by atoms with E-state index in [0.717, 1.165) is 30.4 Å². The van der Waals surface area contributed by atoms with E-state index in [0.29, 0.717) is 18.8 Å². The van der Waals surface area contributed by atoms with Gasteiger partial charge >= 0.3 is 6.03 Å². The summed E-state index contributed by atoms with van der Waals surface area (Å²) in [6.45, 7) is 8.76. The summed E-state index contributed by atoms with van der Waals surface area (Å²) < 4.78 is 12.9. The summed E-state index contributed by atoms with van der Waals surface area (Å²) in [6.07, 6.45) is 2.97. The molecule has 5 nitrogen and oxygen atoms in total. The van der Waals surface area contributed by atoms with Gasteiger partial charge < -0.3 is 10.6 Å². The number of unbranched alkanes of at least 4 members (excludes halogenated alkanes) is 1. The molecular weight excluding hydrogens is 393 g/mol. The van der Waals surface area contributed by atoms with Gasteiger partial charge in [-0.1, -0.05) is 57.9 Å². The van der Waals surface area contributed by atoms with E-state index in [1.165, 1.54) is 12.1 Å². The monoisotopic (exact) mass is 429 g/mol. The van der Waals surface area contributed by atoms with Crippen molar-refractivity contribution in [3.8, 4) is 0 Å². The van der Waals surface area contributed by atoms with Crippen LogP contribution >= 0.6 is 0 Å². The second kappa shape index (κ2) is 14.3. The lowest BCUT2D eigenvalue weighted by molar-refractivity contribution is -0.122. The van der Waals surface area contributed by atoms with Crippen LogP contribution in [0.15, 0.2) is 48.5 Å². The lowest BCUT2D eigenvalue weighted by Gasteiger charge is -2.26. The van der Waals surface area contributed by atoms with Crippen molar-refractivity contribution in [2.24, 2.45) is 0 Å². The predicted octanol–water partition coefficient (Wildman–Crippen LogP) is 5.75. The number of carbonyl (C=O) groups is 2. The summed E-state index contributed by atoms with van der Waals surface area (Å²) in [5.74, 6) is -0.110. The number of likely N-dealkylation sites (N-methyl/N-ethyl adjacent to an activating group) is 1. The number of nitrogens with one attached hydrogen (secondary N) is 2. The van der Waals surface area contributed by atoms with E-state index in [4.69, 9.17) is 0 Å². The second-order valence-corrected chi connectivity index (χ2v) is 7.31. The molecule has 0 fully saturated rings. The highest BCUT2D eigenvalue weighted by molar-refractivity contribution is 5.89. The molecule has 0 bridgehead atoms. The average molecular weight is 430 g/mol. The Morgan fingerprint density at radius 3 is 2.13 bits per heavy atom. The minimum Gasteiger partial charge on any atom is -0.334 e. The highest BCUT2D eigenvalue weighted by Crippen LogP contribution is 2.15. The Morgan fingerprint density at radius 2 is 1.58 bits per heavy atom. The third-order valence-electron chi connectivity index (χ3n) is 4.84. The van der Waals surface area contributed by atoms with Crippen LogP contribution in [0.3, 0.4) is 0 Å². The van der Waals surface area contributed by atoms with E-state index in [9.17, 15) is 14.0 Å². The third-order valence-corrected chi connectivity index (χ3v) is 4.84. The molecule has 0 heterocycles. The molecular formula is C25H36FN3O2. The Balaban J connectivity index is 0.00000233. The molecule has 31 heavy (non-hydrogen) atoms. The summed E-state index contributed by atoms with van der Waals surface area (Å²) >= 11 is 0. The van der Waals surface area contributed by atoms with Gasteiger partial charge in [0.05, 0.1) is 6.04 Å². The maximum atomic E-state index is 12.9. The molecule has 0 spiro atoms. The first kappa shape index (κ1) is 26.3. The van der Waals surface area contributed by atoms with Gasteiger partial charge in [-0.15, -0.1) is 0 Å². The lowest BCUT2D eigenvalue weighted by Crippen LogP contribution is -2.36. The summed E-state index contributed by atoms with van der Waals surface area (Å²) in [7, 11) is 1.97. The maximum absolute atomic E-state index is 12.9. The summed E-state index contributed by atoms with van der Waals surface area (Å²) in [5.41, 5.74) is 2.58. The van der Waals surface area contributed by atoms with Crippen molar-refractivity contribution in [3.63, 3.8) is 0 Å². The molecule has 6 heteroatoms. The molecule has 170 valence electrons. The molecule has 2 aromatic rings. The van der Waals surface area contributed by atoms with Crippen LogP contribution in [-0.2, 0) is 17.9 Å². The Kier molecular flexibility index (Phi) is 12.1. The van der Waals surface area contributed by atoms with Crippen LogP contribution < -0.4 is 10.6 Å². The van der Waals surface area contributed by atoms with E-state index in [1.54, 1.807) is 19.1 Å². The predicted molar refractivity (Wildman–Crippen MR) is 126 cm³/mol. The number of amides is 2. The zero-order valence-electron chi connectivity index (χ0n) is 19.4. The number of urea groups is 1. The lowest BCUT2D eigenvalue weighted by atomic mass is 10.0. The number of Topliss-reactive ketones (excluding diaryl/α,β-unsaturated/α-hetero) is 1. The van der Waals surface area contributed by atoms with Crippen molar-refractivity contribution in [2.45, 2.75) is 66.1 Å². The van der Waals surface area contributed by atoms with Crippen LogP contribution in [0, 0.1) is 5.82 Å². The number of benzene rings is 2. The van der Waals surface area contributed by atoms with E-state index in [-0.39, 0.29) is 23.7 Å². The summed E-state index contributed by atoms with van der Waals surface area (Å²) in [5, 5.41) is 5.52. The number of ketones is 1. The number of hydrogen-bond acceptors (Lipinski definition) is 3. The van der Waals surface area contributed by atoms with Crippen molar-refractivity contribution in [3.05, 3.63) is 65.5 Å². The van der Waals surface area contributed by atoms with Crippen LogP contribution in [0.2, 0.25) is 0 Å². The molecule has 2 rings (SSSR count). The second-order valence-electron chi connectivity index (χ2n) is 7.31. The smallest absolute Gasteiger partial charge is 0.319 e. The zero-order valence-corrected chi connectivity index (χ0v) is 19.4. The molecule has 0 saturated carbocycles. The van der Waals surface area contributed by atoms with Crippen LogP contribution in [0.5, 0.6) is 0 Å². The van der Waals surface area contributed by atoms with Gasteiger partial charge in [0, 0.05) is 18.8 Å². The number of rotatable bonds is 10. The fourth-order valence-corrected chi connectivity index (χ4v) is 3.18. The van der Waals surface area contributed by atoms with Crippen molar-refractivity contribution in [1.29, 1.82) is 0 Å². The molecule has 0 radical (unpaired) electrons. The summed E-state index contributed by atoms with van der Waals surface area (Å²) in [4.78, 5) is 26.0. The molecule has 2 amide bonds. The van der Waals surface area contributed by atoms with Gasteiger partial charge in [0.2, 0.25) is 0 Å². The number of anilines is 1. The highest BCUT2D eigenvalue weighted by Gasteiger charge is 2.19. The molecule has 2 N–H and O–H groups in total. The van der Waals surface area contributed by atoms with E-state index < -0.39 is 0 Å². The van der Waals surface area contributed by atoms with Crippen molar-refractivity contribution in [1.82, 2.24) is 10.2 Å². The molecule has 2 aromatic carbocycles. The first-order valence-electron chi connectivity index (χ1n) is 11.0. The Hall–Kier alpha value is -2.73. The van der Waals surface area contributed by atoms with Crippen LogP contribution in [0.1, 0.15) is 58.1 Å². The average Bonchev–Trinajstić information content (AvgIpc) is 2.76. The van der Waals surface area contributed by atoms with Gasteiger partial charge in [0.15, 0.2) is 0 Å². The van der Waals surface area contributed by atoms with Crippen LogP contribution in [0.4, 0.5) is 14.9 Å². The van der Waals surface area contributed by atoms with E-state index in [1.807, 2.05) is 45.2 Å². The molecule has 0 aromatic heterocycles. The molecule has 1 atom stereocenters. The first-order valence-corrected chi connectivity index (χ1v) is 11.0. The van der Waals surface area contributed by atoms with Crippen LogP contribution in [-0.4, -0.2) is 29.8 Å². The fourth-order valence-electron chi connectivity index (χ4n) is 3.18. The van der Waals surface area contributed by atoms with Crippen LogP contribution in [0.25, 0.3) is 0 Å². The third kappa shape index (κ3) is 9.75. The molecule has 0 aliphatic carbocycles. The molecule has 0 aliphatic rings. The van der Waals surface area contributed by atoms with Gasteiger partial charge in [0.25, 0.3) is 0 Å². The fraction of sp³-hybridized carbons (Fsp3) is 0.440. The van der Waals surface area contributed by atoms with Gasteiger partial charge in [-0.25, -0.2) is 9.18 Å². The zero-order chi connectivity index (χ0) is 23.2. The number of hydrogen-bond donors (Lipinski definition) is 2. The number of nitrogens with zero attached hydrogens (tertiary/aromatic N) is 1. The topological polar surface area (TPSA) is 61.4 Å². The largest absolute Gasteiger partial charge is 0.334 e. The Labute approximate surface area is 186 Å². The van der Waals surface area contributed by atoms with E-state index in [2.05, 4.69) is 22.5 Å². The van der Waals surface area contributed by atoms with Gasteiger partial charge in [0.1, 0.15) is 11.6 Å². The molecule has 0 saturated heterocycles. The van der Waals surface area contributed by atoms with Crippen molar-refractivity contribution < 1.29 is 14.0 Å².